The molecule has 2 N–H and O–H groups in total. The van der Waals surface area contributed by atoms with Crippen molar-refractivity contribution in [2.24, 2.45) is 0 Å². The minimum absolute atomic E-state index is 0.0795. The van der Waals surface area contributed by atoms with Crippen molar-refractivity contribution in [1.82, 2.24) is 10.0 Å². The SMILES string of the molecule is CNC(C)c1cccc(S(=O)(=O)NC2CCOC2C)c1. The molecule has 0 aliphatic carbocycles. The molecule has 1 heterocycles. The lowest BCUT2D eigenvalue weighted by atomic mass is 10.1. The number of hydrogen-bond acceptors (Lipinski definition) is 4. The summed E-state index contributed by atoms with van der Waals surface area (Å²) < 4.78 is 32.9. The topological polar surface area (TPSA) is 67.4 Å². The highest BCUT2D eigenvalue weighted by Gasteiger charge is 2.29. The molecule has 0 radical (unpaired) electrons. The van der Waals surface area contributed by atoms with E-state index < -0.39 is 10.0 Å². The Hall–Kier alpha value is -0.950. The van der Waals surface area contributed by atoms with Crippen LogP contribution in [0.4, 0.5) is 0 Å². The second-order valence-corrected chi connectivity index (χ2v) is 6.89. The summed E-state index contributed by atoms with van der Waals surface area (Å²) in [5, 5.41) is 3.10. The number of benzene rings is 1. The minimum Gasteiger partial charge on any atom is -0.377 e. The van der Waals surface area contributed by atoms with Crippen molar-refractivity contribution in [2.75, 3.05) is 13.7 Å². The predicted octanol–water partition coefficient (Wildman–Crippen LogP) is 1.42. The summed E-state index contributed by atoms with van der Waals surface area (Å²) in [4.78, 5) is 0.302. The maximum Gasteiger partial charge on any atom is 0.240 e. The van der Waals surface area contributed by atoms with Crippen LogP contribution in [0.15, 0.2) is 29.2 Å². The van der Waals surface area contributed by atoms with Crippen LogP contribution in [-0.4, -0.2) is 34.2 Å². The number of sulfonamides is 1. The summed E-state index contributed by atoms with van der Waals surface area (Å²) >= 11 is 0. The molecule has 20 heavy (non-hydrogen) atoms. The zero-order valence-corrected chi connectivity index (χ0v) is 12.9. The second-order valence-electron chi connectivity index (χ2n) is 5.18. The Balaban J connectivity index is 2.21. The van der Waals surface area contributed by atoms with Crippen molar-refractivity contribution in [3.8, 4) is 0 Å². The minimum atomic E-state index is -3.50. The molecule has 0 amide bonds. The van der Waals surface area contributed by atoms with Gasteiger partial charge in [0.15, 0.2) is 0 Å². The van der Waals surface area contributed by atoms with E-state index in [1.165, 1.54) is 0 Å². The van der Waals surface area contributed by atoms with E-state index in [-0.39, 0.29) is 18.2 Å². The van der Waals surface area contributed by atoms with Gasteiger partial charge in [-0.15, -0.1) is 0 Å². The van der Waals surface area contributed by atoms with Gasteiger partial charge in [0.2, 0.25) is 10.0 Å². The van der Waals surface area contributed by atoms with Gasteiger partial charge in [-0.25, -0.2) is 13.1 Å². The molecule has 3 atom stereocenters. The van der Waals surface area contributed by atoms with Gasteiger partial charge < -0.3 is 10.1 Å². The van der Waals surface area contributed by atoms with Gasteiger partial charge in [0.1, 0.15) is 0 Å². The highest BCUT2D eigenvalue weighted by Crippen LogP contribution is 2.20. The molecule has 0 aromatic heterocycles. The van der Waals surface area contributed by atoms with Crippen LogP contribution in [0.3, 0.4) is 0 Å². The number of ether oxygens (including phenoxy) is 1. The first-order valence-electron chi connectivity index (χ1n) is 6.85. The summed E-state index contributed by atoms with van der Waals surface area (Å²) in [6, 6.07) is 6.98. The molecule has 1 aromatic carbocycles. The second kappa shape index (κ2) is 6.22. The summed E-state index contributed by atoms with van der Waals surface area (Å²) in [5.41, 5.74) is 0.950. The Labute approximate surface area is 120 Å². The highest BCUT2D eigenvalue weighted by molar-refractivity contribution is 7.89. The molecular formula is C14H22N2O3S. The maximum absolute atomic E-state index is 12.4. The molecule has 1 aromatic rings. The molecule has 0 bridgehead atoms. The molecule has 1 saturated heterocycles. The lowest BCUT2D eigenvalue weighted by molar-refractivity contribution is 0.117. The van der Waals surface area contributed by atoms with E-state index in [1.54, 1.807) is 18.2 Å². The zero-order valence-electron chi connectivity index (χ0n) is 12.1. The monoisotopic (exact) mass is 298 g/mol. The Morgan fingerprint density at radius 1 is 1.40 bits per heavy atom. The fraction of sp³-hybridized carbons (Fsp3) is 0.571. The first-order valence-corrected chi connectivity index (χ1v) is 8.33. The van der Waals surface area contributed by atoms with E-state index in [0.717, 1.165) is 5.56 Å². The number of nitrogens with one attached hydrogen (secondary N) is 2. The van der Waals surface area contributed by atoms with Gasteiger partial charge in [-0.1, -0.05) is 12.1 Å². The molecule has 1 fully saturated rings. The summed E-state index contributed by atoms with van der Waals surface area (Å²) in [5.74, 6) is 0. The fourth-order valence-electron chi connectivity index (χ4n) is 2.27. The lowest BCUT2D eigenvalue weighted by Crippen LogP contribution is -2.39. The molecule has 1 aliphatic rings. The maximum atomic E-state index is 12.4. The summed E-state index contributed by atoms with van der Waals surface area (Å²) in [6.45, 7) is 4.48. The molecule has 0 saturated carbocycles. The van der Waals surface area contributed by atoms with E-state index in [0.29, 0.717) is 17.9 Å². The van der Waals surface area contributed by atoms with Gasteiger partial charge in [-0.3, -0.25) is 0 Å². The van der Waals surface area contributed by atoms with Crippen LogP contribution in [0.25, 0.3) is 0 Å². The zero-order chi connectivity index (χ0) is 14.8. The van der Waals surface area contributed by atoms with Gasteiger partial charge in [0.05, 0.1) is 17.0 Å². The standard InChI is InChI=1S/C14H22N2O3S/c1-10(15-3)12-5-4-6-13(9-12)20(17,18)16-14-7-8-19-11(14)2/h4-6,9-11,14-16H,7-8H2,1-3H3. The van der Waals surface area contributed by atoms with Crippen molar-refractivity contribution in [3.63, 3.8) is 0 Å². The normalized spacial score (nSPS) is 24.8. The van der Waals surface area contributed by atoms with Gasteiger partial charge in [-0.05, 0) is 45.0 Å². The predicted molar refractivity (Wildman–Crippen MR) is 78.1 cm³/mol. The summed E-state index contributed by atoms with van der Waals surface area (Å²) in [7, 11) is -1.65. The molecule has 1 aliphatic heterocycles. The van der Waals surface area contributed by atoms with E-state index >= 15 is 0 Å². The third-order valence-electron chi connectivity index (χ3n) is 3.78. The number of rotatable bonds is 5. The Morgan fingerprint density at radius 3 is 2.75 bits per heavy atom. The van der Waals surface area contributed by atoms with E-state index in [4.69, 9.17) is 4.74 Å². The van der Waals surface area contributed by atoms with E-state index in [2.05, 4.69) is 10.0 Å². The lowest BCUT2D eigenvalue weighted by Gasteiger charge is -2.17. The third-order valence-corrected chi connectivity index (χ3v) is 5.27. The molecule has 3 unspecified atom stereocenters. The van der Waals surface area contributed by atoms with Crippen molar-refractivity contribution in [2.45, 2.75) is 43.4 Å². The van der Waals surface area contributed by atoms with Gasteiger partial charge in [0, 0.05) is 12.6 Å². The largest absolute Gasteiger partial charge is 0.377 e. The van der Waals surface area contributed by atoms with Crippen molar-refractivity contribution in [3.05, 3.63) is 29.8 Å². The van der Waals surface area contributed by atoms with Crippen LogP contribution in [0.5, 0.6) is 0 Å². The number of hydrogen-bond donors (Lipinski definition) is 2. The highest BCUT2D eigenvalue weighted by atomic mass is 32.2. The first kappa shape index (κ1) is 15.4. The van der Waals surface area contributed by atoms with Crippen LogP contribution >= 0.6 is 0 Å². The smallest absolute Gasteiger partial charge is 0.240 e. The average molecular weight is 298 g/mol. The first-order chi connectivity index (χ1) is 9.44. The fourth-order valence-corrected chi connectivity index (χ4v) is 3.66. The van der Waals surface area contributed by atoms with Crippen LogP contribution in [0, 0.1) is 0 Å². The molecule has 0 spiro atoms. The van der Waals surface area contributed by atoms with Crippen LogP contribution < -0.4 is 10.0 Å². The van der Waals surface area contributed by atoms with Crippen LogP contribution in [0.2, 0.25) is 0 Å². The van der Waals surface area contributed by atoms with Crippen molar-refractivity contribution >= 4 is 10.0 Å². The van der Waals surface area contributed by atoms with E-state index in [9.17, 15) is 8.42 Å². The van der Waals surface area contributed by atoms with Crippen molar-refractivity contribution < 1.29 is 13.2 Å². The van der Waals surface area contributed by atoms with Crippen LogP contribution in [-0.2, 0) is 14.8 Å². The Morgan fingerprint density at radius 2 is 2.15 bits per heavy atom. The van der Waals surface area contributed by atoms with Gasteiger partial charge in [-0.2, -0.15) is 0 Å². The Bertz CT molecular complexity index is 559. The van der Waals surface area contributed by atoms with Crippen LogP contribution in [0.1, 0.15) is 31.9 Å². The summed E-state index contributed by atoms with van der Waals surface area (Å²) in [6.07, 6.45) is 0.636. The molecule has 6 heteroatoms. The van der Waals surface area contributed by atoms with Gasteiger partial charge >= 0.3 is 0 Å². The average Bonchev–Trinajstić information content (AvgIpc) is 2.83. The van der Waals surface area contributed by atoms with E-state index in [1.807, 2.05) is 27.0 Å². The molecule has 5 nitrogen and oxygen atoms in total. The third kappa shape index (κ3) is 3.38. The van der Waals surface area contributed by atoms with Gasteiger partial charge in [0.25, 0.3) is 0 Å². The molecular weight excluding hydrogens is 276 g/mol. The van der Waals surface area contributed by atoms with Crippen molar-refractivity contribution in [1.29, 1.82) is 0 Å². The molecule has 112 valence electrons. The Kier molecular flexibility index (Phi) is 4.80. The quantitative estimate of drug-likeness (QED) is 0.863. The molecule has 2 rings (SSSR count).